The lowest BCUT2D eigenvalue weighted by Crippen LogP contribution is -2.49. The smallest absolute Gasteiger partial charge is 0.174 e. The van der Waals surface area contributed by atoms with Crippen molar-refractivity contribution in [2.24, 2.45) is 17.8 Å². The standard InChI is InChI=1S/C11H19N7/c1-16-3-5-18(6-4-16)10-8-9(14-11(12)15-10)17(2)7-13-8/h7,11,14H,3-6,12H2,1-2H3. The zero-order valence-electron chi connectivity index (χ0n) is 10.8. The van der Waals surface area contributed by atoms with Crippen molar-refractivity contribution in [3.8, 4) is 0 Å². The highest BCUT2D eigenvalue weighted by Crippen LogP contribution is 2.21. The zero-order chi connectivity index (χ0) is 12.7. The van der Waals surface area contributed by atoms with Crippen molar-refractivity contribution < 1.29 is 0 Å². The first kappa shape index (κ1) is 11.5. The van der Waals surface area contributed by atoms with Crippen LogP contribution in [-0.4, -0.2) is 64.7 Å². The molecule has 7 nitrogen and oxygen atoms in total. The molecule has 3 rings (SSSR count). The fourth-order valence-corrected chi connectivity index (χ4v) is 2.38. The molecular formula is C11H19N7. The van der Waals surface area contributed by atoms with Gasteiger partial charge in [-0.05, 0) is 7.05 Å². The first-order chi connectivity index (χ1) is 8.65. The van der Waals surface area contributed by atoms with Crippen LogP contribution in [0.4, 0.5) is 5.82 Å². The van der Waals surface area contributed by atoms with Crippen molar-refractivity contribution >= 4 is 11.7 Å². The number of anilines is 1. The second-order valence-corrected chi connectivity index (χ2v) is 4.88. The number of aryl methyl sites for hydroxylation is 1. The van der Waals surface area contributed by atoms with Crippen molar-refractivity contribution in [3.63, 3.8) is 0 Å². The largest absolute Gasteiger partial charge is 0.352 e. The zero-order valence-corrected chi connectivity index (χ0v) is 10.8. The number of imidazole rings is 1. The summed E-state index contributed by atoms with van der Waals surface area (Å²) in [5, 5.41) is 3.14. The number of nitrogens with zero attached hydrogens (tertiary/aromatic N) is 5. The Morgan fingerprint density at radius 1 is 1.28 bits per heavy atom. The molecule has 98 valence electrons. The van der Waals surface area contributed by atoms with Gasteiger partial charge in [-0.3, -0.25) is 5.73 Å². The SMILES string of the molecule is CN1CCN(C2=NC(N)Nc3c2ncn3C)CC1. The van der Waals surface area contributed by atoms with Crippen molar-refractivity contribution in [3.05, 3.63) is 12.0 Å². The van der Waals surface area contributed by atoms with Gasteiger partial charge in [0.05, 0.1) is 6.33 Å². The van der Waals surface area contributed by atoms with Gasteiger partial charge in [0.1, 0.15) is 11.5 Å². The highest BCUT2D eigenvalue weighted by atomic mass is 15.4. The summed E-state index contributed by atoms with van der Waals surface area (Å²) in [5.41, 5.74) is 6.83. The molecule has 3 heterocycles. The molecule has 0 aliphatic carbocycles. The van der Waals surface area contributed by atoms with E-state index in [0.717, 1.165) is 43.5 Å². The highest BCUT2D eigenvalue weighted by Gasteiger charge is 2.27. The number of aromatic nitrogens is 2. The van der Waals surface area contributed by atoms with E-state index in [1.54, 1.807) is 6.33 Å². The molecule has 1 saturated heterocycles. The van der Waals surface area contributed by atoms with E-state index in [1.807, 2.05) is 11.6 Å². The molecule has 0 spiro atoms. The number of rotatable bonds is 0. The summed E-state index contributed by atoms with van der Waals surface area (Å²) in [6, 6.07) is 0. The molecule has 0 radical (unpaired) electrons. The lowest BCUT2D eigenvalue weighted by Gasteiger charge is -2.36. The Labute approximate surface area is 106 Å². The molecule has 1 aromatic rings. The van der Waals surface area contributed by atoms with Gasteiger partial charge < -0.3 is 19.7 Å². The Bertz CT molecular complexity index is 470. The molecule has 0 saturated carbocycles. The van der Waals surface area contributed by atoms with Crippen LogP contribution in [-0.2, 0) is 7.05 Å². The van der Waals surface area contributed by atoms with E-state index in [-0.39, 0.29) is 6.29 Å². The molecule has 0 bridgehead atoms. The predicted octanol–water partition coefficient (Wildman–Crippen LogP) is -0.918. The van der Waals surface area contributed by atoms with Gasteiger partial charge in [-0.15, -0.1) is 0 Å². The third-order valence-corrected chi connectivity index (χ3v) is 3.50. The first-order valence-electron chi connectivity index (χ1n) is 6.20. The minimum atomic E-state index is -0.387. The van der Waals surface area contributed by atoms with E-state index in [1.165, 1.54) is 0 Å². The normalized spacial score (nSPS) is 24.5. The Kier molecular flexibility index (Phi) is 2.71. The summed E-state index contributed by atoms with van der Waals surface area (Å²) in [4.78, 5) is 13.5. The average molecular weight is 249 g/mol. The van der Waals surface area contributed by atoms with E-state index in [0.29, 0.717) is 0 Å². The number of aliphatic imine (C=N–C) groups is 1. The Morgan fingerprint density at radius 2 is 2.00 bits per heavy atom. The lowest BCUT2D eigenvalue weighted by molar-refractivity contribution is 0.215. The van der Waals surface area contributed by atoms with Crippen molar-refractivity contribution in [2.45, 2.75) is 6.29 Å². The number of likely N-dealkylation sites (N-methyl/N-ethyl adjacent to an activating group) is 1. The molecule has 0 aromatic carbocycles. The Balaban J connectivity index is 1.90. The topological polar surface area (TPSA) is 74.7 Å². The maximum Gasteiger partial charge on any atom is 0.174 e. The molecule has 0 amide bonds. The predicted molar refractivity (Wildman–Crippen MR) is 70.4 cm³/mol. The van der Waals surface area contributed by atoms with Crippen LogP contribution in [0.1, 0.15) is 5.69 Å². The highest BCUT2D eigenvalue weighted by molar-refractivity contribution is 6.02. The van der Waals surface area contributed by atoms with Crippen LogP contribution in [0.5, 0.6) is 0 Å². The van der Waals surface area contributed by atoms with Gasteiger partial charge in [0.2, 0.25) is 0 Å². The molecule has 2 aliphatic rings. The molecule has 1 atom stereocenters. The van der Waals surface area contributed by atoms with Gasteiger partial charge >= 0.3 is 0 Å². The maximum absolute atomic E-state index is 5.93. The van der Waals surface area contributed by atoms with Crippen LogP contribution in [0.2, 0.25) is 0 Å². The van der Waals surface area contributed by atoms with Crippen LogP contribution < -0.4 is 11.1 Å². The summed E-state index contributed by atoms with van der Waals surface area (Å²) in [6.07, 6.45) is 1.41. The third kappa shape index (κ3) is 1.85. The first-order valence-corrected chi connectivity index (χ1v) is 6.20. The number of nitrogens with two attached hydrogens (primary N) is 1. The van der Waals surface area contributed by atoms with Gasteiger partial charge in [-0.25, -0.2) is 9.98 Å². The van der Waals surface area contributed by atoms with Crippen LogP contribution in [0.3, 0.4) is 0 Å². The van der Waals surface area contributed by atoms with E-state index in [9.17, 15) is 0 Å². The maximum atomic E-state index is 5.93. The quantitative estimate of drug-likeness (QED) is 0.622. The molecule has 2 aliphatic heterocycles. The third-order valence-electron chi connectivity index (χ3n) is 3.50. The molecule has 1 unspecified atom stereocenters. The average Bonchev–Trinajstić information content (AvgIpc) is 2.71. The Hall–Kier alpha value is -1.60. The molecular weight excluding hydrogens is 230 g/mol. The van der Waals surface area contributed by atoms with E-state index < -0.39 is 0 Å². The van der Waals surface area contributed by atoms with E-state index in [4.69, 9.17) is 5.73 Å². The number of amidine groups is 1. The fraction of sp³-hybridized carbons (Fsp3) is 0.636. The van der Waals surface area contributed by atoms with E-state index in [2.05, 4.69) is 32.1 Å². The van der Waals surface area contributed by atoms with Gasteiger partial charge in [0.25, 0.3) is 0 Å². The summed E-state index contributed by atoms with van der Waals surface area (Å²) in [7, 11) is 4.10. The number of nitrogens with one attached hydrogen (secondary N) is 1. The van der Waals surface area contributed by atoms with Crippen molar-refractivity contribution in [1.29, 1.82) is 0 Å². The van der Waals surface area contributed by atoms with Crippen LogP contribution in [0.25, 0.3) is 0 Å². The molecule has 1 fully saturated rings. The molecule has 7 heteroatoms. The van der Waals surface area contributed by atoms with E-state index >= 15 is 0 Å². The number of hydrogen-bond donors (Lipinski definition) is 2. The molecule has 3 N–H and O–H groups in total. The van der Waals surface area contributed by atoms with Gasteiger partial charge in [0, 0.05) is 33.2 Å². The second kappa shape index (κ2) is 4.25. The lowest BCUT2D eigenvalue weighted by atomic mass is 10.2. The van der Waals surface area contributed by atoms with Crippen molar-refractivity contribution in [2.75, 3.05) is 38.5 Å². The van der Waals surface area contributed by atoms with Gasteiger partial charge in [-0.2, -0.15) is 0 Å². The second-order valence-electron chi connectivity index (χ2n) is 4.88. The number of hydrogen-bond acceptors (Lipinski definition) is 6. The Morgan fingerprint density at radius 3 is 2.72 bits per heavy atom. The number of fused-ring (bicyclic) bond motifs is 1. The minimum absolute atomic E-state index is 0.387. The minimum Gasteiger partial charge on any atom is -0.352 e. The monoisotopic (exact) mass is 249 g/mol. The number of piperazine rings is 1. The van der Waals surface area contributed by atoms with Gasteiger partial charge in [-0.1, -0.05) is 0 Å². The fourth-order valence-electron chi connectivity index (χ4n) is 2.38. The summed E-state index contributed by atoms with van der Waals surface area (Å²) in [5.74, 6) is 1.87. The van der Waals surface area contributed by atoms with Crippen LogP contribution >= 0.6 is 0 Å². The summed E-state index contributed by atoms with van der Waals surface area (Å²) in [6.45, 7) is 4.03. The van der Waals surface area contributed by atoms with Crippen molar-refractivity contribution in [1.82, 2.24) is 19.4 Å². The summed E-state index contributed by atoms with van der Waals surface area (Å²) < 4.78 is 1.94. The summed E-state index contributed by atoms with van der Waals surface area (Å²) >= 11 is 0. The van der Waals surface area contributed by atoms with Gasteiger partial charge in [0.15, 0.2) is 12.1 Å². The molecule has 1 aromatic heterocycles. The molecule has 18 heavy (non-hydrogen) atoms. The van der Waals surface area contributed by atoms with Crippen LogP contribution in [0, 0.1) is 0 Å². The van der Waals surface area contributed by atoms with Crippen LogP contribution in [0.15, 0.2) is 11.3 Å².